The Bertz CT molecular complexity index is 743. The van der Waals surface area contributed by atoms with Gasteiger partial charge in [-0.1, -0.05) is 29.8 Å². The summed E-state index contributed by atoms with van der Waals surface area (Å²) in [7, 11) is 0. The Labute approximate surface area is 185 Å². The minimum absolute atomic E-state index is 0. The van der Waals surface area contributed by atoms with Crippen LogP contribution in [0.5, 0.6) is 0 Å². The van der Waals surface area contributed by atoms with Gasteiger partial charge in [-0.05, 0) is 42.9 Å². The van der Waals surface area contributed by atoms with Gasteiger partial charge in [0, 0.05) is 51.5 Å². The summed E-state index contributed by atoms with van der Waals surface area (Å²) in [4.78, 5) is 10.2. The van der Waals surface area contributed by atoms with Crippen LogP contribution in [-0.2, 0) is 37.5 Å². The summed E-state index contributed by atoms with van der Waals surface area (Å²) < 4.78 is 0. The van der Waals surface area contributed by atoms with E-state index in [0.29, 0.717) is 30.9 Å². The van der Waals surface area contributed by atoms with E-state index in [2.05, 4.69) is 11.4 Å². The normalized spacial score (nSPS) is 17.1. The number of nitrogens with zero attached hydrogens (tertiary/aromatic N) is 3. The number of allylic oxidation sites excluding steroid dienone is 1. The molecule has 3 N–H and O–H groups in total. The van der Waals surface area contributed by atoms with E-state index in [9.17, 15) is 15.3 Å². The van der Waals surface area contributed by atoms with E-state index < -0.39 is 0 Å². The monoisotopic (exact) mass is 442 g/mol. The Balaban J connectivity index is 0.000000310. The van der Waals surface area contributed by atoms with Crippen LogP contribution >= 0.6 is 0 Å². The number of carbonyl (C=O) groups is 1. The second-order valence-electron chi connectivity index (χ2n) is 6.44. The van der Waals surface area contributed by atoms with E-state index >= 15 is 0 Å². The van der Waals surface area contributed by atoms with E-state index in [-0.39, 0.29) is 32.7 Å². The first-order valence-corrected chi connectivity index (χ1v) is 8.74. The molecule has 1 fully saturated rings. The van der Waals surface area contributed by atoms with Crippen molar-refractivity contribution in [2.24, 2.45) is 5.73 Å². The van der Waals surface area contributed by atoms with Crippen molar-refractivity contribution in [3.05, 3.63) is 57.6 Å². The van der Waals surface area contributed by atoms with Crippen molar-refractivity contribution in [2.45, 2.75) is 26.2 Å². The number of rotatable bonds is 2. The Morgan fingerprint density at radius 1 is 1.33 bits per heavy atom. The average molecular weight is 442 g/mol. The number of hydrogen-bond donors (Lipinski definition) is 2. The smallest absolute Gasteiger partial charge is 0.145 e. The van der Waals surface area contributed by atoms with E-state index in [1.54, 1.807) is 0 Å². The summed E-state index contributed by atoms with van der Waals surface area (Å²) in [5.41, 5.74) is 10.9. The number of nitrogens with two attached hydrogens (primary N) is 1. The summed E-state index contributed by atoms with van der Waals surface area (Å²) in [6.45, 7) is 4.54. The maximum Gasteiger partial charge on any atom is 0.145 e. The molecular formula is C20H25N4O2Y-. The van der Waals surface area contributed by atoms with Crippen molar-refractivity contribution >= 4 is 11.9 Å². The molecule has 1 radical (unpaired) electrons. The minimum atomic E-state index is 0. The van der Waals surface area contributed by atoms with Crippen molar-refractivity contribution < 1.29 is 42.7 Å². The molecule has 0 spiro atoms. The molecule has 27 heavy (non-hydrogen) atoms. The van der Waals surface area contributed by atoms with Crippen LogP contribution in [0, 0.1) is 18.3 Å². The van der Waals surface area contributed by atoms with Crippen LogP contribution in [0.2, 0.25) is 0 Å². The van der Waals surface area contributed by atoms with Gasteiger partial charge in [0.05, 0.1) is 11.6 Å². The van der Waals surface area contributed by atoms with Crippen LogP contribution in [0.1, 0.15) is 30.4 Å². The van der Waals surface area contributed by atoms with Gasteiger partial charge in [0.15, 0.2) is 0 Å². The number of aryl methyl sites for hydroxylation is 1. The molecule has 2 aliphatic rings. The summed E-state index contributed by atoms with van der Waals surface area (Å²) in [5.74, 6) is 0. The predicted octanol–water partition coefficient (Wildman–Crippen LogP) is 2.93. The van der Waals surface area contributed by atoms with E-state index in [4.69, 9.17) is 5.73 Å². The molecule has 0 aromatic heterocycles. The zero-order valence-electron chi connectivity index (χ0n) is 15.7. The van der Waals surface area contributed by atoms with E-state index in [0.717, 1.165) is 54.4 Å². The summed E-state index contributed by atoms with van der Waals surface area (Å²) in [5, 5.41) is 24.0. The number of nitriles is 1. The molecule has 3 rings (SSSR count). The fraction of sp³-hybridized carbons (Fsp3) is 0.400. The molecule has 0 amide bonds. The third kappa shape index (κ3) is 7.29. The van der Waals surface area contributed by atoms with Crippen LogP contribution in [0.3, 0.4) is 0 Å². The number of hydroxylamine groups is 2. The number of carbonyl (C=O) groups excluding carboxylic acids is 1. The topological polar surface area (TPSA) is 104 Å². The van der Waals surface area contributed by atoms with Gasteiger partial charge >= 0.3 is 0 Å². The number of hydrogen-bond acceptors (Lipinski definition) is 5. The SMILES string of the molecule is Cc1cccc(C(C#N)=C2CCN(O)CC2)c1.NC1=C(C=O)C[N-]CC1.[Y]. The van der Waals surface area contributed by atoms with E-state index in [1.807, 2.05) is 31.2 Å². The van der Waals surface area contributed by atoms with Crippen molar-refractivity contribution in [3.63, 3.8) is 0 Å². The standard InChI is InChI=1S/C14H16N2O.C6H9N2O.Y/c1-11-3-2-4-13(9-11)14(10-15)12-5-7-16(17)8-6-12;7-6-1-2-8-3-5(6)4-9;/h2-4,9,17H,5-8H2,1H3;4H,1-3,7H2;/q;-1;. The molecule has 6 nitrogen and oxygen atoms in total. The first-order valence-electron chi connectivity index (χ1n) is 8.74. The number of aldehydes is 1. The van der Waals surface area contributed by atoms with Gasteiger partial charge in [-0.15, -0.1) is 13.1 Å². The Morgan fingerprint density at radius 3 is 2.56 bits per heavy atom. The molecule has 2 heterocycles. The molecule has 1 aromatic rings. The average Bonchev–Trinajstić information content (AvgIpc) is 2.65. The van der Waals surface area contributed by atoms with Crippen LogP contribution in [0.15, 0.2) is 41.1 Å². The van der Waals surface area contributed by atoms with Crippen LogP contribution in [0.4, 0.5) is 0 Å². The van der Waals surface area contributed by atoms with Gasteiger partial charge in [-0.3, -0.25) is 4.79 Å². The Hall–Kier alpha value is -1.36. The summed E-state index contributed by atoms with van der Waals surface area (Å²) in [6.07, 6.45) is 3.08. The zero-order valence-corrected chi connectivity index (χ0v) is 18.5. The summed E-state index contributed by atoms with van der Waals surface area (Å²) in [6, 6.07) is 10.3. The first-order chi connectivity index (χ1) is 12.5. The minimum Gasteiger partial charge on any atom is -0.658 e. The van der Waals surface area contributed by atoms with Gasteiger partial charge < -0.3 is 16.3 Å². The molecule has 2 aliphatic heterocycles. The van der Waals surface area contributed by atoms with Gasteiger partial charge in [0.2, 0.25) is 0 Å². The maximum absolute atomic E-state index is 10.2. The third-order valence-electron chi connectivity index (χ3n) is 4.49. The van der Waals surface area contributed by atoms with Gasteiger partial charge in [0.1, 0.15) is 6.29 Å². The van der Waals surface area contributed by atoms with Crippen molar-refractivity contribution in [2.75, 3.05) is 26.2 Å². The van der Waals surface area contributed by atoms with Crippen molar-refractivity contribution in [3.8, 4) is 6.07 Å². The Morgan fingerprint density at radius 2 is 2.04 bits per heavy atom. The van der Waals surface area contributed by atoms with Crippen LogP contribution in [-0.4, -0.2) is 42.7 Å². The van der Waals surface area contributed by atoms with Crippen molar-refractivity contribution in [1.82, 2.24) is 5.06 Å². The fourth-order valence-electron chi connectivity index (χ4n) is 2.94. The first kappa shape index (κ1) is 23.7. The maximum atomic E-state index is 10.2. The van der Waals surface area contributed by atoms with Gasteiger partial charge in [-0.25, -0.2) is 0 Å². The number of benzene rings is 1. The van der Waals surface area contributed by atoms with Crippen molar-refractivity contribution in [1.29, 1.82) is 5.26 Å². The van der Waals surface area contributed by atoms with Gasteiger partial charge in [0.25, 0.3) is 0 Å². The molecule has 0 aliphatic carbocycles. The van der Waals surface area contributed by atoms with Crippen LogP contribution < -0.4 is 5.73 Å². The van der Waals surface area contributed by atoms with Crippen LogP contribution in [0.25, 0.3) is 10.9 Å². The quantitative estimate of drug-likeness (QED) is 0.542. The molecule has 1 aromatic carbocycles. The molecular weight excluding hydrogens is 417 g/mol. The molecule has 0 atom stereocenters. The summed E-state index contributed by atoms with van der Waals surface area (Å²) >= 11 is 0. The molecule has 1 saturated heterocycles. The molecule has 0 saturated carbocycles. The predicted molar refractivity (Wildman–Crippen MR) is 101 cm³/mol. The fourth-order valence-corrected chi connectivity index (χ4v) is 2.94. The zero-order chi connectivity index (χ0) is 18.9. The number of piperidine rings is 1. The molecule has 0 bridgehead atoms. The Kier molecular flexibility index (Phi) is 10.7. The second kappa shape index (κ2) is 12.2. The second-order valence-corrected chi connectivity index (χ2v) is 6.44. The third-order valence-corrected chi connectivity index (χ3v) is 4.49. The molecule has 0 unspecified atom stereocenters. The van der Waals surface area contributed by atoms with Gasteiger partial charge in [-0.2, -0.15) is 10.3 Å². The van der Waals surface area contributed by atoms with E-state index in [1.165, 1.54) is 5.06 Å². The largest absolute Gasteiger partial charge is 0.658 e. The molecule has 7 heteroatoms. The molecule has 141 valence electrons.